The summed E-state index contributed by atoms with van der Waals surface area (Å²) in [6.07, 6.45) is 0.424. The molecule has 0 aromatic heterocycles. The molecule has 0 aromatic rings. The summed E-state index contributed by atoms with van der Waals surface area (Å²) >= 11 is 0. The van der Waals surface area contributed by atoms with Crippen LogP contribution < -0.4 is 5.32 Å². The standard InChI is InChI=1S/C12H23NO3/c1-8(2)7-10(14)13-9(3)11(15)16-12(4,5)6/h8-9H,7H2,1-6H3,(H,13,14)/t9-/m0/s1. The van der Waals surface area contributed by atoms with Gasteiger partial charge in [0.25, 0.3) is 0 Å². The molecule has 0 aliphatic carbocycles. The number of carbonyl (C=O) groups is 2. The molecule has 0 unspecified atom stereocenters. The number of hydrogen-bond acceptors (Lipinski definition) is 3. The molecule has 1 atom stereocenters. The first kappa shape index (κ1) is 14.9. The number of carbonyl (C=O) groups excluding carboxylic acids is 2. The van der Waals surface area contributed by atoms with Gasteiger partial charge in [0.1, 0.15) is 11.6 Å². The lowest BCUT2D eigenvalue weighted by Gasteiger charge is -2.22. The van der Waals surface area contributed by atoms with Crippen LogP contribution in [0.1, 0.15) is 48.0 Å². The van der Waals surface area contributed by atoms with Gasteiger partial charge >= 0.3 is 5.97 Å². The van der Waals surface area contributed by atoms with Gasteiger partial charge in [0, 0.05) is 6.42 Å². The van der Waals surface area contributed by atoms with Crippen molar-refractivity contribution < 1.29 is 14.3 Å². The van der Waals surface area contributed by atoms with Crippen LogP contribution in [0.5, 0.6) is 0 Å². The number of ether oxygens (including phenoxy) is 1. The Morgan fingerprint density at radius 3 is 2.06 bits per heavy atom. The summed E-state index contributed by atoms with van der Waals surface area (Å²) in [4.78, 5) is 23.0. The molecule has 94 valence electrons. The fourth-order valence-corrected chi connectivity index (χ4v) is 1.12. The van der Waals surface area contributed by atoms with Crippen molar-refractivity contribution >= 4 is 11.9 Å². The molecule has 0 saturated heterocycles. The van der Waals surface area contributed by atoms with E-state index in [4.69, 9.17) is 4.74 Å². The lowest BCUT2D eigenvalue weighted by molar-refractivity contribution is -0.158. The highest BCUT2D eigenvalue weighted by Crippen LogP contribution is 2.08. The van der Waals surface area contributed by atoms with Crippen molar-refractivity contribution in [3.63, 3.8) is 0 Å². The van der Waals surface area contributed by atoms with E-state index in [0.29, 0.717) is 6.42 Å². The Morgan fingerprint density at radius 2 is 1.69 bits per heavy atom. The zero-order chi connectivity index (χ0) is 12.9. The van der Waals surface area contributed by atoms with Crippen molar-refractivity contribution in [1.82, 2.24) is 5.32 Å². The van der Waals surface area contributed by atoms with E-state index < -0.39 is 17.6 Å². The molecule has 16 heavy (non-hydrogen) atoms. The molecule has 0 heterocycles. The first-order valence-corrected chi connectivity index (χ1v) is 5.64. The lowest BCUT2D eigenvalue weighted by Crippen LogP contribution is -2.42. The van der Waals surface area contributed by atoms with Crippen molar-refractivity contribution in [3.05, 3.63) is 0 Å². The van der Waals surface area contributed by atoms with Gasteiger partial charge in [-0.15, -0.1) is 0 Å². The second-order valence-electron chi connectivity index (χ2n) is 5.42. The molecule has 0 aromatic carbocycles. The minimum absolute atomic E-state index is 0.117. The number of nitrogens with one attached hydrogen (secondary N) is 1. The highest BCUT2D eigenvalue weighted by molar-refractivity contribution is 5.84. The highest BCUT2D eigenvalue weighted by atomic mass is 16.6. The Labute approximate surface area is 97.7 Å². The Kier molecular flexibility index (Phi) is 5.48. The van der Waals surface area contributed by atoms with Gasteiger partial charge in [-0.3, -0.25) is 4.79 Å². The van der Waals surface area contributed by atoms with Crippen molar-refractivity contribution in [2.24, 2.45) is 5.92 Å². The third-order valence-corrected chi connectivity index (χ3v) is 1.73. The van der Waals surface area contributed by atoms with E-state index >= 15 is 0 Å². The van der Waals surface area contributed by atoms with E-state index in [0.717, 1.165) is 0 Å². The Hall–Kier alpha value is -1.06. The van der Waals surface area contributed by atoms with Crippen molar-refractivity contribution in [1.29, 1.82) is 0 Å². The van der Waals surface area contributed by atoms with E-state index in [-0.39, 0.29) is 11.8 Å². The maximum absolute atomic E-state index is 11.5. The predicted molar refractivity (Wildman–Crippen MR) is 62.9 cm³/mol. The number of rotatable bonds is 4. The summed E-state index contributed by atoms with van der Waals surface area (Å²) in [6.45, 7) is 10.9. The molecular weight excluding hydrogens is 206 g/mol. The SMILES string of the molecule is CC(C)CC(=O)N[C@@H](C)C(=O)OC(C)(C)C. The first-order valence-electron chi connectivity index (χ1n) is 5.64. The third kappa shape index (κ3) is 7.26. The lowest BCUT2D eigenvalue weighted by atomic mass is 10.1. The molecule has 0 fully saturated rings. The third-order valence-electron chi connectivity index (χ3n) is 1.73. The predicted octanol–water partition coefficient (Wildman–Crippen LogP) is 1.88. The summed E-state index contributed by atoms with van der Waals surface area (Å²) in [5, 5.41) is 2.62. The van der Waals surface area contributed by atoms with Gasteiger partial charge in [-0.1, -0.05) is 13.8 Å². The van der Waals surface area contributed by atoms with Gasteiger partial charge in [-0.25, -0.2) is 4.79 Å². The van der Waals surface area contributed by atoms with Crippen LogP contribution in [0.3, 0.4) is 0 Å². The maximum atomic E-state index is 11.5. The summed E-state index contributed by atoms with van der Waals surface area (Å²) in [6, 6.07) is -0.592. The first-order chi connectivity index (χ1) is 7.11. The topological polar surface area (TPSA) is 55.4 Å². The summed E-state index contributed by atoms with van der Waals surface area (Å²) < 4.78 is 5.15. The molecule has 0 bridgehead atoms. The molecular formula is C12H23NO3. The molecule has 4 heteroatoms. The van der Waals surface area contributed by atoms with Crippen LogP contribution in [-0.4, -0.2) is 23.5 Å². The van der Waals surface area contributed by atoms with Crippen LogP contribution in [0.4, 0.5) is 0 Å². The summed E-state index contributed by atoms with van der Waals surface area (Å²) in [5.74, 6) is -0.233. The van der Waals surface area contributed by atoms with E-state index in [2.05, 4.69) is 5.32 Å². The Morgan fingerprint density at radius 1 is 1.19 bits per heavy atom. The normalized spacial score (nSPS) is 13.4. The number of hydrogen-bond donors (Lipinski definition) is 1. The fraction of sp³-hybridized carbons (Fsp3) is 0.833. The number of amides is 1. The minimum atomic E-state index is -0.592. The van der Waals surface area contributed by atoms with Crippen molar-refractivity contribution in [2.45, 2.75) is 59.6 Å². The minimum Gasteiger partial charge on any atom is -0.458 e. The number of esters is 1. The summed E-state index contributed by atoms with van der Waals surface area (Å²) in [5.41, 5.74) is -0.520. The zero-order valence-electron chi connectivity index (χ0n) is 11.1. The van der Waals surface area contributed by atoms with Crippen LogP contribution in [0.15, 0.2) is 0 Å². The van der Waals surface area contributed by atoms with Crippen LogP contribution in [0.2, 0.25) is 0 Å². The van der Waals surface area contributed by atoms with Gasteiger partial charge in [0.15, 0.2) is 0 Å². The average molecular weight is 229 g/mol. The molecule has 0 radical (unpaired) electrons. The van der Waals surface area contributed by atoms with Gasteiger partial charge in [0.2, 0.25) is 5.91 Å². The van der Waals surface area contributed by atoms with Gasteiger partial charge < -0.3 is 10.1 Å². The molecule has 4 nitrogen and oxygen atoms in total. The Balaban J connectivity index is 4.11. The van der Waals surface area contributed by atoms with Crippen molar-refractivity contribution in [3.8, 4) is 0 Å². The van der Waals surface area contributed by atoms with E-state index in [9.17, 15) is 9.59 Å². The van der Waals surface area contributed by atoms with Crippen LogP contribution in [0, 0.1) is 5.92 Å². The van der Waals surface area contributed by atoms with Gasteiger partial charge in [0.05, 0.1) is 0 Å². The molecule has 1 amide bonds. The van der Waals surface area contributed by atoms with Gasteiger partial charge in [-0.05, 0) is 33.6 Å². The van der Waals surface area contributed by atoms with Crippen LogP contribution in [-0.2, 0) is 14.3 Å². The molecule has 0 saturated carbocycles. The Bertz CT molecular complexity index is 253. The van der Waals surface area contributed by atoms with E-state index in [1.54, 1.807) is 27.7 Å². The van der Waals surface area contributed by atoms with E-state index in [1.807, 2.05) is 13.8 Å². The molecule has 0 rings (SSSR count). The molecule has 1 N–H and O–H groups in total. The quantitative estimate of drug-likeness (QED) is 0.749. The summed E-state index contributed by atoms with van der Waals surface area (Å²) in [7, 11) is 0. The monoisotopic (exact) mass is 229 g/mol. The maximum Gasteiger partial charge on any atom is 0.328 e. The zero-order valence-corrected chi connectivity index (χ0v) is 11.1. The molecule has 0 spiro atoms. The van der Waals surface area contributed by atoms with Crippen LogP contribution in [0.25, 0.3) is 0 Å². The molecule has 0 aliphatic rings. The second-order valence-corrected chi connectivity index (χ2v) is 5.42. The van der Waals surface area contributed by atoms with Crippen LogP contribution >= 0.6 is 0 Å². The fourth-order valence-electron chi connectivity index (χ4n) is 1.12. The van der Waals surface area contributed by atoms with Gasteiger partial charge in [-0.2, -0.15) is 0 Å². The highest BCUT2D eigenvalue weighted by Gasteiger charge is 2.22. The second kappa shape index (κ2) is 5.87. The van der Waals surface area contributed by atoms with Crippen molar-refractivity contribution in [2.75, 3.05) is 0 Å². The average Bonchev–Trinajstić information content (AvgIpc) is 1.98. The van der Waals surface area contributed by atoms with E-state index in [1.165, 1.54) is 0 Å². The largest absolute Gasteiger partial charge is 0.458 e. The molecule has 0 aliphatic heterocycles. The smallest absolute Gasteiger partial charge is 0.328 e.